The summed E-state index contributed by atoms with van der Waals surface area (Å²) < 4.78 is 0. The SMILES string of the molecule is Cc1ccc(CCC2CCN(C(=O)CN(C)CC3CCCN3c3cccnn3)CC2)cc1. The molecule has 0 aliphatic carbocycles. The summed E-state index contributed by atoms with van der Waals surface area (Å²) in [7, 11) is 2.07. The van der Waals surface area contributed by atoms with E-state index in [0.29, 0.717) is 12.6 Å². The number of aromatic nitrogens is 2. The van der Waals surface area contributed by atoms with Crippen molar-refractivity contribution in [2.75, 3.05) is 44.7 Å². The number of nitrogens with zero attached hydrogens (tertiary/aromatic N) is 5. The van der Waals surface area contributed by atoms with Gasteiger partial charge in [-0.1, -0.05) is 29.8 Å². The van der Waals surface area contributed by atoms with Crippen molar-refractivity contribution >= 4 is 11.7 Å². The van der Waals surface area contributed by atoms with E-state index in [2.05, 4.69) is 63.1 Å². The molecule has 2 aliphatic rings. The first kappa shape index (κ1) is 22.7. The van der Waals surface area contributed by atoms with Gasteiger partial charge in [-0.3, -0.25) is 9.69 Å². The number of piperidine rings is 1. The Hall–Kier alpha value is -2.47. The molecule has 0 spiro atoms. The Bertz CT molecular complexity index is 848. The standard InChI is InChI=1S/C26H37N5O/c1-21-7-9-22(10-8-21)11-12-23-13-17-30(18-14-23)26(32)20-29(2)19-24-5-4-16-31(24)25-6-3-15-27-28-25/h3,6-10,15,23-24H,4-5,11-14,16-20H2,1-2H3. The van der Waals surface area contributed by atoms with E-state index in [9.17, 15) is 4.79 Å². The number of anilines is 1. The van der Waals surface area contributed by atoms with Gasteiger partial charge in [-0.25, -0.2) is 0 Å². The van der Waals surface area contributed by atoms with Crippen molar-refractivity contribution in [3.63, 3.8) is 0 Å². The predicted molar refractivity (Wildman–Crippen MR) is 129 cm³/mol. The lowest BCUT2D eigenvalue weighted by Gasteiger charge is -2.34. The highest BCUT2D eigenvalue weighted by atomic mass is 16.2. The molecule has 2 saturated heterocycles. The highest BCUT2D eigenvalue weighted by Gasteiger charge is 2.28. The van der Waals surface area contributed by atoms with Gasteiger partial charge in [-0.05, 0) is 76.1 Å². The van der Waals surface area contributed by atoms with Crippen LogP contribution in [0.2, 0.25) is 0 Å². The van der Waals surface area contributed by atoms with Crippen molar-refractivity contribution in [3.8, 4) is 0 Å². The number of hydrogen-bond donors (Lipinski definition) is 0. The van der Waals surface area contributed by atoms with Crippen LogP contribution in [0.15, 0.2) is 42.6 Å². The molecule has 2 aliphatic heterocycles. The molecular weight excluding hydrogens is 398 g/mol. The maximum absolute atomic E-state index is 12.9. The van der Waals surface area contributed by atoms with Gasteiger partial charge in [0.05, 0.1) is 6.54 Å². The number of aryl methyl sites for hydroxylation is 2. The third-order valence-electron chi connectivity index (χ3n) is 7.09. The monoisotopic (exact) mass is 435 g/mol. The van der Waals surface area contributed by atoms with Gasteiger partial charge in [0.25, 0.3) is 0 Å². The second kappa shape index (κ2) is 10.9. The second-order valence-corrected chi connectivity index (χ2v) is 9.62. The summed E-state index contributed by atoms with van der Waals surface area (Å²) in [6, 6.07) is 13.3. The highest BCUT2D eigenvalue weighted by Crippen LogP contribution is 2.25. The number of likely N-dealkylation sites (tertiary alicyclic amines) is 1. The van der Waals surface area contributed by atoms with E-state index >= 15 is 0 Å². The van der Waals surface area contributed by atoms with Gasteiger partial charge in [-0.2, -0.15) is 5.10 Å². The van der Waals surface area contributed by atoms with E-state index < -0.39 is 0 Å². The second-order valence-electron chi connectivity index (χ2n) is 9.62. The van der Waals surface area contributed by atoms with E-state index in [0.717, 1.165) is 63.6 Å². The predicted octanol–water partition coefficient (Wildman–Crippen LogP) is 3.56. The highest BCUT2D eigenvalue weighted by molar-refractivity contribution is 5.78. The Morgan fingerprint density at radius 3 is 2.59 bits per heavy atom. The molecule has 6 heteroatoms. The fourth-order valence-electron chi connectivity index (χ4n) is 5.13. The quantitative estimate of drug-likeness (QED) is 0.635. The number of carbonyl (C=O) groups is 1. The molecule has 3 heterocycles. The lowest BCUT2D eigenvalue weighted by Crippen LogP contribution is -2.46. The van der Waals surface area contributed by atoms with Crippen molar-refractivity contribution in [1.29, 1.82) is 0 Å². The Balaban J connectivity index is 1.18. The minimum Gasteiger partial charge on any atom is -0.351 e. The molecule has 1 aromatic carbocycles. The van der Waals surface area contributed by atoms with Crippen LogP contribution in [0.3, 0.4) is 0 Å². The molecular formula is C26H37N5O. The zero-order chi connectivity index (χ0) is 22.3. The van der Waals surface area contributed by atoms with Gasteiger partial charge in [0.15, 0.2) is 5.82 Å². The zero-order valence-corrected chi connectivity index (χ0v) is 19.6. The molecule has 4 rings (SSSR count). The Morgan fingerprint density at radius 1 is 1.09 bits per heavy atom. The summed E-state index contributed by atoms with van der Waals surface area (Å²) in [4.78, 5) is 19.5. The van der Waals surface area contributed by atoms with E-state index in [1.807, 2.05) is 12.1 Å². The molecule has 0 radical (unpaired) electrons. The number of rotatable bonds is 8. The molecule has 0 N–H and O–H groups in total. The summed E-state index contributed by atoms with van der Waals surface area (Å²) in [6.45, 7) is 6.34. The molecule has 0 bridgehead atoms. The third kappa shape index (κ3) is 6.06. The first-order chi connectivity index (χ1) is 15.6. The van der Waals surface area contributed by atoms with Crippen LogP contribution < -0.4 is 4.90 Å². The zero-order valence-electron chi connectivity index (χ0n) is 19.6. The van der Waals surface area contributed by atoms with Crippen LogP contribution in [-0.2, 0) is 11.2 Å². The van der Waals surface area contributed by atoms with Crippen LogP contribution in [0, 0.1) is 12.8 Å². The summed E-state index contributed by atoms with van der Waals surface area (Å²) in [5.74, 6) is 1.95. The molecule has 32 heavy (non-hydrogen) atoms. The molecule has 1 unspecified atom stereocenters. The van der Waals surface area contributed by atoms with E-state index in [1.165, 1.54) is 24.0 Å². The van der Waals surface area contributed by atoms with Gasteiger partial charge in [-0.15, -0.1) is 5.10 Å². The van der Waals surface area contributed by atoms with Crippen LogP contribution in [0.5, 0.6) is 0 Å². The third-order valence-corrected chi connectivity index (χ3v) is 7.09. The smallest absolute Gasteiger partial charge is 0.236 e. The average molecular weight is 436 g/mol. The lowest BCUT2D eigenvalue weighted by atomic mass is 9.90. The van der Waals surface area contributed by atoms with Gasteiger partial charge in [0, 0.05) is 38.4 Å². The molecule has 6 nitrogen and oxygen atoms in total. The molecule has 1 aromatic heterocycles. The van der Waals surface area contributed by atoms with Crippen molar-refractivity contribution in [2.45, 2.75) is 51.5 Å². The van der Waals surface area contributed by atoms with E-state index in [4.69, 9.17) is 0 Å². The molecule has 172 valence electrons. The summed E-state index contributed by atoms with van der Waals surface area (Å²) in [5.41, 5.74) is 2.75. The Morgan fingerprint density at radius 2 is 1.88 bits per heavy atom. The fourth-order valence-corrected chi connectivity index (χ4v) is 5.13. The van der Waals surface area contributed by atoms with Gasteiger partial charge < -0.3 is 9.80 Å². The number of amides is 1. The number of hydrogen-bond acceptors (Lipinski definition) is 5. The van der Waals surface area contributed by atoms with Crippen LogP contribution >= 0.6 is 0 Å². The molecule has 2 aromatic rings. The summed E-state index contributed by atoms with van der Waals surface area (Å²) in [5, 5.41) is 8.31. The largest absolute Gasteiger partial charge is 0.351 e. The Kier molecular flexibility index (Phi) is 7.74. The van der Waals surface area contributed by atoms with E-state index in [-0.39, 0.29) is 5.91 Å². The van der Waals surface area contributed by atoms with Crippen molar-refractivity contribution in [3.05, 3.63) is 53.7 Å². The number of carbonyl (C=O) groups excluding carboxylic acids is 1. The van der Waals surface area contributed by atoms with E-state index in [1.54, 1.807) is 6.20 Å². The fraction of sp³-hybridized carbons (Fsp3) is 0.577. The van der Waals surface area contributed by atoms with Crippen LogP contribution in [-0.4, -0.2) is 71.7 Å². The summed E-state index contributed by atoms with van der Waals surface area (Å²) in [6.07, 6.45) is 8.65. The average Bonchev–Trinajstić information content (AvgIpc) is 3.27. The van der Waals surface area contributed by atoms with Gasteiger partial charge in [0.1, 0.15) is 0 Å². The molecule has 0 saturated carbocycles. The first-order valence-electron chi connectivity index (χ1n) is 12.1. The molecule has 1 atom stereocenters. The maximum atomic E-state index is 12.9. The van der Waals surface area contributed by atoms with Crippen molar-refractivity contribution in [2.24, 2.45) is 5.92 Å². The lowest BCUT2D eigenvalue weighted by molar-refractivity contribution is -0.133. The first-order valence-corrected chi connectivity index (χ1v) is 12.1. The normalized spacial score (nSPS) is 19.7. The molecule has 1 amide bonds. The maximum Gasteiger partial charge on any atom is 0.236 e. The van der Waals surface area contributed by atoms with Crippen molar-refractivity contribution in [1.82, 2.24) is 20.0 Å². The van der Waals surface area contributed by atoms with Crippen LogP contribution in [0.25, 0.3) is 0 Å². The van der Waals surface area contributed by atoms with Crippen LogP contribution in [0.1, 0.15) is 43.2 Å². The topological polar surface area (TPSA) is 52.6 Å². The van der Waals surface area contributed by atoms with Gasteiger partial charge in [0.2, 0.25) is 5.91 Å². The number of likely N-dealkylation sites (N-methyl/N-ethyl adjacent to an activating group) is 1. The Labute approximate surface area is 192 Å². The van der Waals surface area contributed by atoms with Gasteiger partial charge >= 0.3 is 0 Å². The minimum atomic E-state index is 0.272. The number of benzene rings is 1. The van der Waals surface area contributed by atoms with Crippen LogP contribution in [0.4, 0.5) is 5.82 Å². The minimum absolute atomic E-state index is 0.272. The summed E-state index contributed by atoms with van der Waals surface area (Å²) >= 11 is 0. The van der Waals surface area contributed by atoms with Crippen molar-refractivity contribution < 1.29 is 4.79 Å². The molecule has 2 fully saturated rings.